The van der Waals surface area contributed by atoms with E-state index in [0.29, 0.717) is 70.2 Å². The van der Waals surface area contributed by atoms with Crippen LogP contribution in [-0.2, 0) is 32.7 Å². The zero-order chi connectivity index (χ0) is 39.1. The van der Waals surface area contributed by atoms with Crippen LogP contribution in [0, 0.1) is 25.7 Å². The van der Waals surface area contributed by atoms with E-state index in [1.54, 1.807) is 19.2 Å². The van der Waals surface area contributed by atoms with Crippen molar-refractivity contribution < 1.29 is 53.3 Å². The number of aryl methyl sites for hydroxylation is 2. The molecule has 1 aliphatic carbocycles. The van der Waals surface area contributed by atoms with E-state index in [4.69, 9.17) is 28.4 Å². The molecule has 294 valence electrons. The van der Waals surface area contributed by atoms with Gasteiger partial charge in [-0.3, -0.25) is 15.0 Å². The summed E-state index contributed by atoms with van der Waals surface area (Å²) in [5, 5.41) is 38.1. The van der Waals surface area contributed by atoms with Gasteiger partial charge in [-0.05, 0) is 68.1 Å². The number of nitrogens with zero attached hydrogens (tertiary/aromatic N) is 1. The SMILES string of the molecule is CCc1cc(C)c(OC)c(O)c1C1C2C3SCC4(NCCc5cc(O)c(OC)cc54)C(=O)OCC(c4c5c(c(C)c(OC(C)=O)c43)OCO5)C2C(O)CN1C. The number of esters is 2. The van der Waals surface area contributed by atoms with Gasteiger partial charge in [0.2, 0.25) is 6.79 Å². The quantitative estimate of drug-likeness (QED) is 0.208. The Morgan fingerprint density at radius 3 is 2.51 bits per heavy atom. The molecule has 9 rings (SSSR count). The van der Waals surface area contributed by atoms with Crippen LogP contribution in [0.1, 0.15) is 75.6 Å². The number of aliphatic hydroxyl groups is 1. The first-order valence-electron chi connectivity index (χ1n) is 18.7. The number of likely N-dealkylation sites (N-methyl/N-ethyl adjacent to an activating group) is 1. The lowest BCUT2D eigenvalue weighted by Gasteiger charge is -2.56. The van der Waals surface area contributed by atoms with Crippen LogP contribution in [0.2, 0.25) is 0 Å². The molecule has 2 bridgehead atoms. The Balaban J connectivity index is 1.42. The molecule has 7 unspecified atom stereocenters. The normalized spacial score (nSPS) is 28.2. The van der Waals surface area contributed by atoms with Crippen LogP contribution in [0.3, 0.4) is 0 Å². The van der Waals surface area contributed by atoms with E-state index in [0.717, 1.165) is 16.7 Å². The van der Waals surface area contributed by atoms with Gasteiger partial charge in [-0.15, -0.1) is 0 Å². The Kier molecular flexibility index (Phi) is 9.54. The van der Waals surface area contributed by atoms with Gasteiger partial charge in [0.25, 0.3) is 0 Å². The summed E-state index contributed by atoms with van der Waals surface area (Å²) in [5.41, 5.74) is 4.55. The van der Waals surface area contributed by atoms with Gasteiger partial charge in [0.1, 0.15) is 5.75 Å². The summed E-state index contributed by atoms with van der Waals surface area (Å²) in [6, 6.07) is 4.94. The summed E-state index contributed by atoms with van der Waals surface area (Å²) in [4.78, 5) is 29.7. The second kappa shape index (κ2) is 14.0. The molecule has 14 heteroatoms. The minimum Gasteiger partial charge on any atom is -0.504 e. The highest BCUT2D eigenvalue weighted by atomic mass is 32.2. The second-order valence-corrected chi connectivity index (χ2v) is 16.4. The summed E-state index contributed by atoms with van der Waals surface area (Å²) in [7, 11) is 4.96. The van der Waals surface area contributed by atoms with Crippen molar-refractivity contribution >= 4 is 23.7 Å². The molecular formula is C41H48N2O11S. The number of ether oxygens (including phenoxy) is 6. The number of benzene rings is 3. The first kappa shape index (κ1) is 37.5. The molecule has 7 atom stereocenters. The molecule has 0 amide bonds. The molecule has 6 aliphatic rings. The fourth-order valence-corrected chi connectivity index (χ4v) is 11.9. The van der Waals surface area contributed by atoms with Gasteiger partial charge in [-0.2, -0.15) is 11.8 Å². The van der Waals surface area contributed by atoms with Crippen molar-refractivity contribution in [3.8, 4) is 40.2 Å². The smallest absolute Gasteiger partial charge is 0.331 e. The summed E-state index contributed by atoms with van der Waals surface area (Å²) in [6.45, 7) is 7.69. The van der Waals surface area contributed by atoms with E-state index < -0.39 is 52.6 Å². The van der Waals surface area contributed by atoms with Crippen molar-refractivity contribution in [2.45, 2.75) is 69.4 Å². The van der Waals surface area contributed by atoms with Gasteiger partial charge in [-0.25, -0.2) is 4.79 Å². The van der Waals surface area contributed by atoms with Gasteiger partial charge in [-0.1, -0.05) is 13.0 Å². The lowest BCUT2D eigenvalue weighted by Crippen LogP contribution is -2.59. The van der Waals surface area contributed by atoms with Crippen molar-refractivity contribution in [2.75, 3.05) is 53.5 Å². The molecule has 1 spiro atoms. The zero-order valence-corrected chi connectivity index (χ0v) is 32.9. The predicted molar refractivity (Wildman–Crippen MR) is 203 cm³/mol. The fourth-order valence-electron chi connectivity index (χ4n) is 10.1. The molecule has 0 aromatic heterocycles. The van der Waals surface area contributed by atoms with Crippen molar-refractivity contribution in [3.05, 3.63) is 62.7 Å². The number of nitrogens with one attached hydrogen (secondary N) is 1. The minimum atomic E-state index is -1.35. The van der Waals surface area contributed by atoms with Gasteiger partial charge >= 0.3 is 11.9 Å². The predicted octanol–water partition coefficient (Wildman–Crippen LogP) is 4.70. The standard InChI is InChI=1S/C41H48N2O11S/c1-8-21-11-18(2)35(50-7)34(47)28(21)33-31-29(26(46)14-43(33)5)23-15-51-40(48)41(24-13-27(49-6)25(45)12-22(24)9-10-42-41)16-55-39(31)32-30(23)38-37(52-17-53-38)19(3)36(32)54-20(4)44/h11-13,23,26,29,31,33,39,42,45-47H,8-10,14-17H2,1-7H3. The first-order chi connectivity index (χ1) is 26.4. The van der Waals surface area contributed by atoms with Crippen LogP contribution >= 0.6 is 11.8 Å². The molecule has 55 heavy (non-hydrogen) atoms. The zero-order valence-electron chi connectivity index (χ0n) is 32.1. The van der Waals surface area contributed by atoms with Crippen LogP contribution < -0.4 is 29.0 Å². The molecule has 5 aliphatic heterocycles. The van der Waals surface area contributed by atoms with Crippen LogP contribution in [-0.4, -0.2) is 91.8 Å². The van der Waals surface area contributed by atoms with Crippen molar-refractivity contribution in [1.82, 2.24) is 10.2 Å². The maximum atomic E-state index is 14.7. The number of rotatable bonds is 5. The number of carbonyl (C=O) groups is 2. The summed E-state index contributed by atoms with van der Waals surface area (Å²) in [5.74, 6) is -0.485. The van der Waals surface area contributed by atoms with Gasteiger partial charge in [0.05, 0.1) is 26.9 Å². The number of thioether (sulfide) groups is 1. The number of hydrogen-bond acceptors (Lipinski definition) is 14. The number of phenolic OH excluding ortho intramolecular Hbond substituents is 2. The van der Waals surface area contributed by atoms with Crippen molar-refractivity contribution in [2.24, 2.45) is 11.8 Å². The summed E-state index contributed by atoms with van der Waals surface area (Å²) < 4.78 is 36.1. The maximum Gasteiger partial charge on any atom is 0.331 e. The van der Waals surface area contributed by atoms with E-state index >= 15 is 0 Å². The third kappa shape index (κ3) is 5.61. The van der Waals surface area contributed by atoms with Gasteiger partial charge < -0.3 is 43.7 Å². The Hall–Kier alpha value is -4.37. The van der Waals surface area contributed by atoms with Crippen molar-refractivity contribution in [3.63, 3.8) is 0 Å². The number of likely N-dealkylation sites (tertiary alicyclic amines) is 1. The minimum absolute atomic E-state index is 0.0188. The second-order valence-electron chi connectivity index (χ2n) is 15.2. The highest BCUT2D eigenvalue weighted by molar-refractivity contribution is 7.99. The van der Waals surface area contributed by atoms with E-state index in [2.05, 4.69) is 16.3 Å². The molecule has 13 nitrogen and oxygen atoms in total. The average molecular weight is 777 g/mol. The Morgan fingerprint density at radius 2 is 1.80 bits per heavy atom. The number of carbonyl (C=O) groups excluding carboxylic acids is 2. The van der Waals surface area contributed by atoms with Crippen LogP contribution in [0.15, 0.2) is 18.2 Å². The third-order valence-electron chi connectivity index (χ3n) is 12.3. The molecular weight excluding hydrogens is 729 g/mol. The first-order valence-corrected chi connectivity index (χ1v) is 19.8. The van der Waals surface area contributed by atoms with Crippen molar-refractivity contribution in [1.29, 1.82) is 0 Å². The third-order valence-corrected chi connectivity index (χ3v) is 13.9. The average Bonchev–Trinajstić information content (AvgIpc) is 3.65. The number of methoxy groups -OCH3 is 2. The molecule has 3 aromatic rings. The Morgan fingerprint density at radius 1 is 1.04 bits per heavy atom. The molecule has 2 saturated heterocycles. The number of piperidine rings is 1. The molecule has 3 aromatic carbocycles. The highest BCUT2D eigenvalue weighted by Gasteiger charge is 2.59. The number of hydrogen-bond donors (Lipinski definition) is 4. The van der Waals surface area contributed by atoms with E-state index in [-0.39, 0.29) is 42.9 Å². The number of phenols is 2. The van der Waals surface area contributed by atoms with E-state index in [1.165, 1.54) is 25.8 Å². The van der Waals surface area contributed by atoms with Gasteiger partial charge in [0, 0.05) is 77.1 Å². The fraction of sp³-hybridized carbons (Fsp3) is 0.512. The molecule has 0 radical (unpaired) electrons. The van der Waals surface area contributed by atoms with E-state index in [1.807, 2.05) is 27.8 Å². The van der Waals surface area contributed by atoms with Gasteiger partial charge in [0.15, 0.2) is 40.0 Å². The highest BCUT2D eigenvalue weighted by Crippen LogP contribution is 2.67. The number of aliphatic hydroxyl groups excluding tert-OH is 1. The molecule has 0 saturated carbocycles. The lowest BCUT2D eigenvalue weighted by atomic mass is 9.60. The largest absolute Gasteiger partial charge is 0.504 e. The lowest BCUT2D eigenvalue weighted by molar-refractivity contribution is -0.154. The topological polar surface area (TPSA) is 165 Å². The number of fused-ring (bicyclic) bond motifs is 5. The number of β-amino-alcohol motifs (C(OH)–C–C–N with tert-alkyl or cyclic N) is 1. The van der Waals surface area contributed by atoms with Crippen LogP contribution in [0.25, 0.3) is 0 Å². The maximum absolute atomic E-state index is 14.7. The molecule has 4 N–H and O–H groups in total. The Labute approximate surface area is 324 Å². The Bertz CT molecular complexity index is 2090. The molecule has 2 fully saturated rings. The van der Waals surface area contributed by atoms with Crippen LogP contribution in [0.5, 0.6) is 40.2 Å². The molecule has 5 heterocycles. The summed E-state index contributed by atoms with van der Waals surface area (Å²) >= 11 is 1.50. The monoisotopic (exact) mass is 776 g/mol. The summed E-state index contributed by atoms with van der Waals surface area (Å²) in [6.07, 6.45) is 0.317. The number of aromatic hydroxyl groups is 2. The van der Waals surface area contributed by atoms with Crippen LogP contribution in [0.4, 0.5) is 0 Å². The van der Waals surface area contributed by atoms with E-state index in [9.17, 15) is 24.9 Å².